The number of benzene rings is 1. The summed E-state index contributed by atoms with van der Waals surface area (Å²) >= 11 is 5.98. The van der Waals surface area contributed by atoms with E-state index in [2.05, 4.69) is 4.98 Å². The number of imidazole rings is 1. The molecule has 0 bridgehead atoms. The van der Waals surface area contributed by atoms with E-state index in [9.17, 15) is 9.59 Å². The highest BCUT2D eigenvalue weighted by atomic mass is 35.5. The highest BCUT2D eigenvalue weighted by Crippen LogP contribution is 2.28. The standard InChI is InChI=1S/C20H27ClN4O4/c1-14(2)29-20-22-18(24(4)13-27)17(19(28)23(3)10-5-11-26)25(20)12-15-6-8-16(21)9-7-15/h6-9,13-14,26H,5,10-12H2,1-4H3. The number of rotatable bonds is 10. The van der Waals surface area contributed by atoms with Crippen molar-refractivity contribution in [1.82, 2.24) is 14.5 Å². The number of carbonyl (C=O) groups is 2. The van der Waals surface area contributed by atoms with E-state index in [1.807, 2.05) is 26.0 Å². The third kappa shape index (κ3) is 5.71. The van der Waals surface area contributed by atoms with Gasteiger partial charge in [0.15, 0.2) is 11.5 Å². The molecular formula is C20H27ClN4O4. The number of ether oxygens (including phenoxy) is 1. The van der Waals surface area contributed by atoms with E-state index >= 15 is 0 Å². The molecule has 1 aromatic carbocycles. The fraction of sp³-hybridized carbons (Fsp3) is 0.450. The van der Waals surface area contributed by atoms with Crippen LogP contribution in [0.2, 0.25) is 5.02 Å². The van der Waals surface area contributed by atoms with E-state index in [-0.39, 0.29) is 36.1 Å². The van der Waals surface area contributed by atoms with Crippen LogP contribution in [0.4, 0.5) is 5.82 Å². The zero-order valence-corrected chi connectivity index (χ0v) is 17.9. The Kier molecular flexibility index (Phi) is 8.04. The molecule has 29 heavy (non-hydrogen) atoms. The molecule has 0 aliphatic heterocycles. The SMILES string of the molecule is CC(C)Oc1nc(N(C)C=O)c(C(=O)N(C)CCCO)n1Cc1ccc(Cl)cc1. The largest absolute Gasteiger partial charge is 0.462 e. The molecule has 1 heterocycles. The average Bonchev–Trinajstić information content (AvgIpc) is 3.03. The minimum atomic E-state index is -0.317. The predicted molar refractivity (Wildman–Crippen MR) is 112 cm³/mol. The molecule has 0 radical (unpaired) electrons. The van der Waals surface area contributed by atoms with Crippen molar-refractivity contribution in [2.45, 2.75) is 32.9 Å². The van der Waals surface area contributed by atoms with Crippen molar-refractivity contribution in [2.75, 3.05) is 32.1 Å². The molecule has 158 valence electrons. The second kappa shape index (κ2) is 10.3. The minimum absolute atomic E-state index is 0.0233. The molecule has 0 aliphatic carbocycles. The van der Waals surface area contributed by atoms with Crippen LogP contribution in [-0.2, 0) is 11.3 Å². The Hall–Kier alpha value is -2.58. The summed E-state index contributed by atoms with van der Waals surface area (Å²) in [5, 5.41) is 9.69. The molecule has 0 saturated heterocycles. The van der Waals surface area contributed by atoms with Crippen molar-refractivity contribution in [3.63, 3.8) is 0 Å². The van der Waals surface area contributed by atoms with Crippen LogP contribution in [0.3, 0.4) is 0 Å². The molecule has 0 atom stereocenters. The van der Waals surface area contributed by atoms with Gasteiger partial charge in [-0.05, 0) is 38.0 Å². The maximum Gasteiger partial charge on any atom is 0.299 e. The van der Waals surface area contributed by atoms with E-state index < -0.39 is 0 Å². The first-order valence-corrected chi connectivity index (χ1v) is 9.72. The maximum atomic E-state index is 13.2. The monoisotopic (exact) mass is 422 g/mol. The van der Waals surface area contributed by atoms with E-state index in [4.69, 9.17) is 21.4 Å². The molecule has 2 amide bonds. The summed E-state index contributed by atoms with van der Waals surface area (Å²) in [4.78, 5) is 31.8. The predicted octanol–water partition coefficient (Wildman–Crippen LogP) is 2.42. The second-order valence-electron chi connectivity index (χ2n) is 6.97. The number of halogens is 1. The van der Waals surface area contributed by atoms with E-state index in [1.165, 1.54) is 16.8 Å². The lowest BCUT2D eigenvalue weighted by Crippen LogP contribution is -2.32. The summed E-state index contributed by atoms with van der Waals surface area (Å²) in [6.07, 6.45) is 0.867. The summed E-state index contributed by atoms with van der Waals surface area (Å²) in [5.41, 5.74) is 1.14. The molecule has 2 aromatic rings. The summed E-state index contributed by atoms with van der Waals surface area (Å²) in [5.74, 6) is -0.104. The number of aliphatic hydroxyl groups is 1. The third-order valence-electron chi connectivity index (χ3n) is 4.20. The Bertz CT molecular complexity index is 836. The highest BCUT2D eigenvalue weighted by molar-refractivity contribution is 6.30. The molecule has 0 saturated carbocycles. The number of aliphatic hydroxyl groups excluding tert-OH is 1. The van der Waals surface area contributed by atoms with Crippen LogP contribution in [0.5, 0.6) is 6.01 Å². The molecule has 8 nitrogen and oxygen atoms in total. The topological polar surface area (TPSA) is 87.9 Å². The van der Waals surface area contributed by atoms with E-state index in [0.29, 0.717) is 30.9 Å². The molecule has 0 spiro atoms. The fourth-order valence-electron chi connectivity index (χ4n) is 2.74. The highest BCUT2D eigenvalue weighted by Gasteiger charge is 2.29. The Labute approximate surface area is 175 Å². The Morgan fingerprint density at radius 1 is 1.31 bits per heavy atom. The first-order valence-electron chi connectivity index (χ1n) is 9.34. The van der Waals surface area contributed by atoms with Crippen molar-refractivity contribution in [1.29, 1.82) is 0 Å². The van der Waals surface area contributed by atoms with Crippen LogP contribution in [0.1, 0.15) is 36.3 Å². The molecule has 9 heteroatoms. The normalized spacial score (nSPS) is 10.9. The van der Waals surface area contributed by atoms with Crippen LogP contribution >= 0.6 is 11.6 Å². The number of nitrogens with zero attached hydrogens (tertiary/aromatic N) is 4. The maximum absolute atomic E-state index is 13.2. The van der Waals surface area contributed by atoms with Crippen molar-refractivity contribution in [3.8, 4) is 6.01 Å². The molecule has 0 unspecified atom stereocenters. The van der Waals surface area contributed by atoms with Gasteiger partial charge in [0, 0.05) is 32.3 Å². The number of amides is 2. The molecule has 2 rings (SSSR count). The van der Waals surface area contributed by atoms with Gasteiger partial charge >= 0.3 is 0 Å². The number of hydrogen-bond acceptors (Lipinski definition) is 5. The Morgan fingerprint density at radius 3 is 2.52 bits per heavy atom. The Balaban J connectivity index is 2.58. The fourth-order valence-corrected chi connectivity index (χ4v) is 2.86. The van der Waals surface area contributed by atoms with Gasteiger partial charge in [-0.3, -0.25) is 14.2 Å². The zero-order valence-electron chi connectivity index (χ0n) is 17.1. The summed E-state index contributed by atoms with van der Waals surface area (Å²) < 4.78 is 7.50. The van der Waals surface area contributed by atoms with Crippen molar-refractivity contribution in [3.05, 3.63) is 40.5 Å². The first-order chi connectivity index (χ1) is 13.8. The average molecular weight is 423 g/mol. The van der Waals surface area contributed by atoms with Gasteiger partial charge in [0.1, 0.15) is 0 Å². The summed E-state index contributed by atoms with van der Waals surface area (Å²) in [7, 11) is 3.18. The summed E-state index contributed by atoms with van der Waals surface area (Å²) in [6, 6.07) is 7.49. The minimum Gasteiger partial charge on any atom is -0.462 e. The number of hydrogen-bond donors (Lipinski definition) is 1. The lowest BCUT2D eigenvalue weighted by Gasteiger charge is -2.20. The van der Waals surface area contributed by atoms with Gasteiger partial charge in [-0.2, -0.15) is 4.98 Å². The van der Waals surface area contributed by atoms with Gasteiger partial charge in [-0.1, -0.05) is 23.7 Å². The second-order valence-corrected chi connectivity index (χ2v) is 7.40. The van der Waals surface area contributed by atoms with Crippen LogP contribution in [-0.4, -0.2) is 65.2 Å². The number of anilines is 1. The lowest BCUT2D eigenvalue weighted by atomic mass is 10.2. The van der Waals surface area contributed by atoms with Crippen molar-refractivity contribution >= 4 is 29.7 Å². The van der Waals surface area contributed by atoms with Crippen LogP contribution in [0.15, 0.2) is 24.3 Å². The van der Waals surface area contributed by atoms with E-state index in [1.54, 1.807) is 23.7 Å². The first kappa shape index (κ1) is 22.7. The molecule has 0 aliphatic rings. The number of carbonyl (C=O) groups excluding carboxylic acids is 2. The Morgan fingerprint density at radius 2 is 1.97 bits per heavy atom. The molecule has 1 aromatic heterocycles. The quantitative estimate of drug-likeness (QED) is 0.594. The van der Waals surface area contributed by atoms with Gasteiger partial charge in [0.05, 0.1) is 12.6 Å². The van der Waals surface area contributed by atoms with Crippen molar-refractivity contribution in [2.24, 2.45) is 0 Å². The molecule has 1 N–H and O–H groups in total. The van der Waals surface area contributed by atoms with Gasteiger partial charge in [-0.25, -0.2) is 0 Å². The van der Waals surface area contributed by atoms with E-state index in [0.717, 1.165) is 5.56 Å². The van der Waals surface area contributed by atoms with Crippen LogP contribution in [0, 0.1) is 0 Å². The van der Waals surface area contributed by atoms with Crippen molar-refractivity contribution < 1.29 is 19.4 Å². The number of aromatic nitrogens is 2. The van der Waals surface area contributed by atoms with Gasteiger partial charge in [0.25, 0.3) is 11.9 Å². The zero-order chi connectivity index (χ0) is 21.6. The lowest BCUT2D eigenvalue weighted by molar-refractivity contribution is -0.107. The molecule has 0 fully saturated rings. The third-order valence-corrected chi connectivity index (χ3v) is 4.45. The molecular weight excluding hydrogens is 396 g/mol. The summed E-state index contributed by atoms with van der Waals surface area (Å²) in [6.45, 7) is 4.38. The smallest absolute Gasteiger partial charge is 0.299 e. The van der Waals surface area contributed by atoms with Crippen LogP contribution < -0.4 is 9.64 Å². The van der Waals surface area contributed by atoms with Gasteiger partial charge in [-0.15, -0.1) is 0 Å². The van der Waals surface area contributed by atoms with Gasteiger partial charge in [0.2, 0.25) is 6.41 Å². The van der Waals surface area contributed by atoms with Crippen LogP contribution in [0.25, 0.3) is 0 Å². The van der Waals surface area contributed by atoms with Gasteiger partial charge < -0.3 is 19.6 Å².